The second-order valence-corrected chi connectivity index (χ2v) is 9.39. The van der Waals surface area contributed by atoms with Gasteiger partial charge in [0.1, 0.15) is 19.4 Å². The molecule has 1 rings (SSSR count). The molecule has 39 heavy (non-hydrogen) atoms. The fourth-order valence-corrected chi connectivity index (χ4v) is 2.84. The highest BCUT2D eigenvalue weighted by molar-refractivity contribution is 7.48. The molecular weight excluding hydrogens is 558 g/mol. The van der Waals surface area contributed by atoms with Gasteiger partial charge in [-0.05, 0) is 34.6 Å². The van der Waals surface area contributed by atoms with Gasteiger partial charge in [-0.1, -0.05) is 0 Å². The van der Waals surface area contributed by atoms with Gasteiger partial charge in [0.05, 0.1) is 12.2 Å². The first-order chi connectivity index (χ1) is 18.1. The van der Waals surface area contributed by atoms with Crippen LogP contribution in [0.1, 0.15) is 34.6 Å². The molecule has 0 aliphatic carbocycles. The van der Waals surface area contributed by atoms with Crippen molar-refractivity contribution in [1.82, 2.24) is 9.55 Å². The lowest BCUT2D eigenvalue weighted by Crippen LogP contribution is -2.42. The lowest BCUT2D eigenvalue weighted by molar-refractivity contribution is -0.205. The molecule has 17 nitrogen and oxygen atoms in total. The standard InChI is InChI=1S/C15H28FO12P.C5H6N2O3/c1-10(2)27-13(18)22-8-25-29(20,24-7-15(16,21-6)12(5)17)26-9-23-14(19)28-11(3)4;8-3-7-2-1-4(9)6-5(7)10/h10-12,17H,7-9H2,1-6H3;1-2,8H,3H2,(H,6,9,10)/t12-,15+;/m0./s1. The Hall–Kier alpha value is -2.86. The summed E-state index contributed by atoms with van der Waals surface area (Å²) in [5, 5.41) is 17.9. The summed E-state index contributed by atoms with van der Waals surface area (Å²) < 4.78 is 64.9. The van der Waals surface area contributed by atoms with E-state index in [-0.39, 0.29) is 0 Å². The number of aliphatic hydroxyl groups is 2. The number of H-pyrrole nitrogens is 1. The quantitative estimate of drug-likeness (QED) is 0.158. The van der Waals surface area contributed by atoms with E-state index in [0.717, 1.165) is 24.7 Å². The molecule has 0 radical (unpaired) electrons. The molecule has 0 saturated heterocycles. The maximum absolute atomic E-state index is 14.3. The van der Waals surface area contributed by atoms with Crippen LogP contribution in [0.25, 0.3) is 0 Å². The van der Waals surface area contributed by atoms with Gasteiger partial charge in [0, 0.05) is 19.4 Å². The number of aliphatic hydroxyl groups excluding tert-OH is 2. The second kappa shape index (κ2) is 17.7. The molecule has 0 spiro atoms. The molecule has 2 atom stereocenters. The van der Waals surface area contributed by atoms with Crippen LogP contribution in [0.3, 0.4) is 0 Å². The Morgan fingerprint density at radius 3 is 1.87 bits per heavy atom. The van der Waals surface area contributed by atoms with Crippen molar-refractivity contribution in [2.45, 2.75) is 65.5 Å². The Morgan fingerprint density at radius 2 is 1.51 bits per heavy atom. The van der Waals surface area contributed by atoms with Crippen molar-refractivity contribution in [3.8, 4) is 0 Å². The van der Waals surface area contributed by atoms with E-state index in [1.165, 1.54) is 6.20 Å². The molecule has 0 aliphatic rings. The van der Waals surface area contributed by atoms with Crippen molar-refractivity contribution in [2.75, 3.05) is 27.3 Å². The number of carbonyl (C=O) groups excluding carboxylic acids is 2. The molecule has 0 bridgehead atoms. The molecule has 226 valence electrons. The van der Waals surface area contributed by atoms with Crippen LogP contribution in [0.2, 0.25) is 0 Å². The first-order valence-corrected chi connectivity index (χ1v) is 12.6. The van der Waals surface area contributed by atoms with Gasteiger partial charge in [0.2, 0.25) is 13.6 Å². The van der Waals surface area contributed by atoms with Gasteiger partial charge in [-0.3, -0.25) is 18.9 Å². The SMILES string of the molecule is CO[C@](F)(COP(=O)(OCOC(=O)OC(C)C)OCOC(=O)OC(C)C)[C@H](C)O.O=c1ccn(CO)c(=O)[nH]1. The number of phosphoric acid groups is 1. The highest BCUT2D eigenvalue weighted by atomic mass is 31.2. The molecule has 0 amide bonds. The minimum atomic E-state index is -4.65. The zero-order valence-electron chi connectivity index (χ0n) is 22.2. The van der Waals surface area contributed by atoms with Gasteiger partial charge in [-0.2, -0.15) is 0 Å². The minimum Gasteiger partial charge on any atom is -0.432 e. The predicted molar refractivity (Wildman–Crippen MR) is 127 cm³/mol. The zero-order valence-corrected chi connectivity index (χ0v) is 23.1. The van der Waals surface area contributed by atoms with Gasteiger partial charge in [0.25, 0.3) is 11.4 Å². The summed E-state index contributed by atoms with van der Waals surface area (Å²) in [4.78, 5) is 45.6. The van der Waals surface area contributed by atoms with Crippen LogP contribution in [-0.2, 0) is 48.6 Å². The Kier molecular flexibility index (Phi) is 16.4. The number of rotatable bonds is 14. The number of carbonyl (C=O) groups is 2. The van der Waals surface area contributed by atoms with Crippen molar-refractivity contribution in [1.29, 1.82) is 0 Å². The molecule has 1 heterocycles. The molecule has 1 aromatic heterocycles. The second-order valence-electron chi connectivity index (χ2n) is 7.72. The van der Waals surface area contributed by atoms with E-state index in [9.17, 15) is 33.2 Å². The van der Waals surface area contributed by atoms with E-state index < -0.39 is 82.5 Å². The summed E-state index contributed by atoms with van der Waals surface area (Å²) in [5.41, 5.74) is -1.07. The Morgan fingerprint density at radius 1 is 1.03 bits per heavy atom. The summed E-state index contributed by atoms with van der Waals surface area (Å²) in [6, 6.07) is 1.16. The van der Waals surface area contributed by atoms with E-state index in [4.69, 9.17) is 18.7 Å². The predicted octanol–water partition coefficient (Wildman–Crippen LogP) is 1.36. The van der Waals surface area contributed by atoms with E-state index in [0.29, 0.717) is 0 Å². The summed E-state index contributed by atoms with van der Waals surface area (Å²) in [6.45, 7) is 3.89. The maximum Gasteiger partial charge on any atom is 0.510 e. The first-order valence-electron chi connectivity index (χ1n) is 11.1. The molecule has 0 saturated carbocycles. The number of ether oxygens (including phenoxy) is 5. The summed E-state index contributed by atoms with van der Waals surface area (Å²) in [7, 11) is -3.70. The Balaban J connectivity index is 0.00000120. The van der Waals surface area contributed by atoms with Crippen molar-refractivity contribution < 1.29 is 66.0 Å². The van der Waals surface area contributed by atoms with E-state index in [2.05, 4.69) is 23.7 Å². The Labute approximate surface area is 222 Å². The van der Waals surface area contributed by atoms with Crippen LogP contribution in [0.15, 0.2) is 21.9 Å². The van der Waals surface area contributed by atoms with Crippen molar-refractivity contribution >= 4 is 20.1 Å². The van der Waals surface area contributed by atoms with Crippen LogP contribution >= 0.6 is 7.82 Å². The summed E-state index contributed by atoms with van der Waals surface area (Å²) in [6.07, 6.45) is -3.69. The van der Waals surface area contributed by atoms with Gasteiger partial charge in [0.15, 0.2) is 0 Å². The normalized spacial score (nSPS) is 13.6. The molecular formula is C20H34FN2O15P. The number of hydrogen-bond donors (Lipinski definition) is 3. The zero-order chi connectivity index (χ0) is 30.2. The first kappa shape index (κ1) is 36.1. The summed E-state index contributed by atoms with van der Waals surface area (Å²) >= 11 is 0. The van der Waals surface area contributed by atoms with Gasteiger partial charge >= 0.3 is 25.8 Å². The number of methoxy groups -OCH3 is 1. The molecule has 3 N–H and O–H groups in total. The van der Waals surface area contributed by atoms with E-state index >= 15 is 0 Å². The lowest BCUT2D eigenvalue weighted by Gasteiger charge is -2.27. The van der Waals surface area contributed by atoms with E-state index in [1.807, 2.05) is 4.98 Å². The van der Waals surface area contributed by atoms with E-state index in [1.54, 1.807) is 27.7 Å². The number of phosphoric ester groups is 1. The highest BCUT2D eigenvalue weighted by Crippen LogP contribution is 2.50. The average molecular weight is 592 g/mol. The third-order valence-electron chi connectivity index (χ3n) is 3.87. The number of alkyl halides is 1. The van der Waals surface area contributed by atoms with Crippen LogP contribution < -0.4 is 11.2 Å². The number of halogens is 1. The molecule has 0 aromatic carbocycles. The fourth-order valence-electron chi connectivity index (χ4n) is 1.92. The largest absolute Gasteiger partial charge is 0.510 e. The van der Waals surface area contributed by atoms with Gasteiger partial charge < -0.3 is 33.9 Å². The topological polar surface area (TPSA) is 220 Å². The number of aromatic amines is 1. The van der Waals surface area contributed by atoms with Crippen molar-refractivity contribution in [3.63, 3.8) is 0 Å². The number of nitrogens with one attached hydrogen (secondary N) is 1. The fraction of sp³-hybridized carbons (Fsp3) is 0.700. The van der Waals surface area contributed by atoms with Gasteiger partial charge in [-0.25, -0.2) is 32.4 Å². The number of nitrogens with zero attached hydrogens (tertiary/aromatic N) is 1. The molecule has 0 unspecified atom stereocenters. The van der Waals surface area contributed by atoms with Crippen molar-refractivity contribution in [2.24, 2.45) is 0 Å². The number of hydrogen-bond acceptors (Lipinski definition) is 15. The van der Waals surface area contributed by atoms with Gasteiger partial charge in [-0.15, -0.1) is 0 Å². The third-order valence-corrected chi connectivity index (χ3v) is 5.16. The average Bonchev–Trinajstić information content (AvgIpc) is 2.82. The van der Waals surface area contributed by atoms with Crippen LogP contribution in [0, 0.1) is 0 Å². The molecule has 1 aromatic rings. The molecule has 19 heteroatoms. The van der Waals surface area contributed by atoms with Crippen LogP contribution in [0.5, 0.6) is 0 Å². The maximum atomic E-state index is 14.3. The minimum absolute atomic E-state index is 0.421. The highest BCUT2D eigenvalue weighted by Gasteiger charge is 2.40. The van der Waals surface area contributed by atoms with Crippen LogP contribution in [-0.4, -0.2) is 83.5 Å². The third kappa shape index (κ3) is 15.4. The summed E-state index contributed by atoms with van der Waals surface area (Å²) in [5.74, 6) is -2.75. The Bertz CT molecular complexity index is 1010. The van der Waals surface area contributed by atoms with Crippen LogP contribution in [0.4, 0.5) is 14.0 Å². The number of aromatic nitrogens is 2. The molecule has 0 fully saturated rings. The van der Waals surface area contributed by atoms with Crippen molar-refractivity contribution in [3.05, 3.63) is 33.1 Å². The smallest absolute Gasteiger partial charge is 0.432 e. The monoisotopic (exact) mass is 592 g/mol. The molecule has 0 aliphatic heterocycles. The lowest BCUT2D eigenvalue weighted by atomic mass is 10.2.